The second-order valence-corrected chi connectivity index (χ2v) is 2.40. The van der Waals surface area contributed by atoms with Gasteiger partial charge in [0.1, 0.15) is 0 Å². The minimum Gasteiger partial charge on any atom is -0.475 e. The van der Waals surface area contributed by atoms with Crippen molar-refractivity contribution in [1.82, 2.24) is 5.32 Å². The largest absolute Gasteiger partial charge is 0.475 e. The van der Waals surface area contributed by atoms with Gasteiger partial charge in [0, 0.05) is 0 Å². The van der Waals surface area contributed by atoms with E-state index in [1.807, 2.05) is 0 Å². The second-order valence-electron chi connectivity index (χ2n) is 2.40. The first-order chi connectivity index (χ1) is 5.68. The van der Waals surface area contributed by atoms with Gasteiger partial charge in [-0.25, -0.2) is 4.79 Å². The average molecular weight is 174 g/mol. The summed E-state index contributed by atoms with van der Waals surface area (Å²) in [7, 11) is 0. The van der Waals surface area contributed by atoms with Crippen LogP contribution in [-0.4, -0.2) is 36.5 Å². The predicted molar refractivity (Wildman–Crippen MR) is 43.8 cm³/mol. The molecule has 0 aromatic carbocycles. The first-order valence-electron chi connectivity index (χ1n) is 3.85. The molecule has 5 nitrogen and oxygen atoms in total. The molecule has 0 aliphatic rings. The number of Topliss-reactive ketones (excluding diaryl/α,β-unsaturated/α-hetero) is 1. The van der Waals surface area contributed by atoms with Crippen molar-refractivity contribution in [3.8, 4) is 0 Å². The third kappa shape index (κ3) is 5.82. The van der Waals surface area contributed by atoms with Gasteiger partial charge in [0.2, 0.25) is 0 Å². The molecule has 4 N–H and O–H groups in total. The Morgan fingerprint density at radius 3 is 2.50 bits per heavy atom. The molecule has 0 spiro atoms. The number of aliphatic carboxylic acids is 1. The quantitative estimate of drug-likeness (QED) is 0.339. The molecule has 12 heavy (non-hydrogen) atoms. The van der Waals surface area contributed by atoms with Crippen LogP contribution in [0.25, 0.3) is 0 Å². The molecule has 0 radical (unpaired) electrons. The minimum atomic E-state index is -1.39. The van der Waals surface area contributed by atoms with Crippen molar-refractivity contribution >= 4 is 11.8 Å². The molecular weight excluding hydrogens is 160 g/mol. The van der Waals surface area contributed by atoms with Crippen LogP contribution in [0.15, 0.2) is 0 Å². The van der Waals surface area contributed by atoms with E-state index >= 15 is 0 Å². The summed E-state index contributed by atoms with van der Waals surface area (Å²) >= 11 is 0. The Bertz CT molecular complexity index is 159. The van der Waals surface area contributed by atoms with Gasteiger partial charge in [-0.15, -0.1) is 0 Å². The minimum absolute atomic E-state index is 0.0973. The summed E-state index contributed by atoms with van der Waals surface area (Å²) in [5, 5.41) is 10.9. The number of ketones is 1. The zero-order valence-corrected chi connectivity index (χ0v) is 6.88. The lowest BCUT2D eigenvalue weighted by Crippen LogP contribution is -2.29. The Hall–Kier alpha value is -0.940. The molecule has 70 valence electrons. The number of unbranched alkanes of at least 4 members (excludes halogenated alkanes) is 1. The van der Waals surface area contributed by atoms with E-state index in [9.17, 15) is 9.59 Å². The fraction of sp³-hybridized carbons (Fsp3) is 0.714. The van der Waals surface area contributed by atoms with E-state index in [4.69, 9.17) is 10.8 Å². The molecule has 0 saturated carbocycles. The van der Waals surface area contributed by atoms with Crippen molar-refractivity contribution in [3.63, 3.8) is 0 Å². The normalized spacial score (nSPS) is 9.75. The number of nitrogens with one attached hydrogen (secondary N) is 1. The van der Waals surface area contributed by atoms with Crippen LogP contribution in [0.5, 0.6) is 0 Å². The smallest absolute Gasteiger partial charge is 0.373 e. The van der Waals surface area contributed by atoms with Crippen LogP contribution in [-0.2, 0) is 9.59 Å². The van der Waals surface area contributed by atoms with E-state index in [1.165, 1.54) is 0 Å². The van der Waals surface area contributed by atoms with Crippen molar-refractivity contribution in [1.29, 1.82) is 0 Å². The van der Waals surface area contributed by atoms with E-state index in [0.29, 0.717) is 13.1 Å². The van der Waals surface area contributed by atoms with Gasteiger partial charge in [0.05, 0.1) is 6.54 Å². The van der Waals surface area contributed by atoms with Crippen LogP contribution in [0, 0.1) is 0 Å². The van der Waals surface area contributed by atoms with Crippen LogP contribution in [0.4, 0.5) is 0 Å². The molecule has 0 saturated heterocycles. The van der Waals surface area contributed by atoms with Gasteiger partial charge in [0.25, 0.3) is 5.78 Å². The SMILES string of the molecule is NCCCCNCC(=O)C(=O)O. The molecule has 0 amide bonds. The van der Waals surface area contributed by atoms with Gasteiger partial charge in [-0.2, -0.15) is 0 Å². The Labute approximate surface area is 70.9 Å². The molecule has 0 atom stereocenters. The van der Waals surface area contributed by atoms with Crippen LogP contribution >= 0.6 is 0 Å². The summed E-state index contributed by atoms with van der Waals surface area (Å²) in [4.78, 5) is 20.5. The molecule has 0 rings (SSSR count). The maximum atomic E-state index is 10.5. The van der Waals surface area contributed by atoms with Crippen LogP contribution in [0.2, 0.25) is 0 Å². The molecule has 0 unspecified atom stereocenters. The van der Waals surface area contributed by atoms with Crippen LogP contribution in [0.3, 0.4) is 0 Å². The highest BCUT2D eigenvalue weighted by Gasteiger charge is 2.08. The summed E-state index contributed by atoms with van der Waals surface area (Å²) in [5.41, 5.74) is 5.23. The van der Waals surface area contributed by atoms with E-state index in [2.05, 4.69) is 5.32 Å². The number of rotatable bonds is 7. The number of hydrogen-bond donors (Lipinski definition) is 3. The highest BCUT2D eigenvalue weighted by atomic mass is 16.4. The molecule has 0 aliphatic carbocycles. The van der Waals surface area contributed by atoms with Crippen molar-refractivity contribution in [2.45, 2.75) is 12.8 Å². The summed E-state index contributed by atoms with van der Waals surface area (Å²) in [6.07, 6.45) is 1.75. The number of hydrogen-bond acceptors (Lipinski definition) is 4. The van der Waals surface area contributed by atoms with Gasteiger partial charge < -0.3 is 16.2 Å². The molecule has 5 heteroatoms. The fourth-order valence-electron chi connectivity index (χ4n) is 0.672. The van der Waals surface area contributed by atoms with Gasteiger partial charge in [0.15, 0.2) is 0 Å². The zero-order chi connectivity index (χ0) is 9.40. The lowest BCUT2D eigenvalue weighted by molar-refractivity contribution is -0.148. The third-order valence-corrected chi connectivity index (χ3v) is 1.33. The van der Waals surface area contributed by atoms with E-state index in [0.717, 1.165) is 12.8 Å². The highest BCUT2D eigenvalue weighted by Crippen LogP contribution is 1.81. The first-order valence-corrected chi connectivity index (χ1v) is 3.85. The molecular formula is C7H14N2O3. The van der Waals surface area contributed by atoms with Gasteiger partial charge in [-0.1, -0.05) is 0 Å². The van der Waals surface area contributed by atoms with E-state index in [1.54, 1.807) is 0 Å². The van der Waals surface area contributed by atoms with Gasteiger partial charge >= 0.3 is 5.97 Å². The first kappa shape index (κ1) is 11.1. The van der Waals surface area contributed by atoms with Crippen molar-refractivity contribution < 1.29 is 14.7 Å². The Morgan fingerprint density at radius 1 is 1.33 bits per heavy atom. The Balaban J connectivity index is 3.20. The summed E-state index contributed by atoms with van der Waals surface area (Å²) < 4.78 is 0. The van der Waals surface area contributed by atoms with Gasteiger partial charge in [-0.05, 0) is 25.9 Å². The highest BCUT2D eigenvalue weighted by molar-refractivity contribution is 6.33. The standard InChI is InChI=1S/C7H14N2O3/c8-3-1-2-4-9-5-6(10)7(11)12/h9H,1-5,8H2,(H,11,12). The summed E-state index contributed by atoms with van der Waals surface area (Å²) in [5.74, 6) is -2.19. The number of carboxylic acids is 1. The average Bonchev–Trinajstić information content (AvgIpc) is 2.03. The van der Waals surface area contributed by atoms with Crippen LogP contribution in [0.1, 0.15) is 12.8 Å². The topological polar surface area (TPSA) is 92.4 Å². The second kappa shape index (κ2) is 6.75. The van der Waals surface area contributed by atoms with Gasteiger partial charge in [-0.3, -0.25) is 4.79 Å². The monoisotopic (exact) mass is 174 g/mol. The number of carbonyl (C=O) groups is 2. The third-order valence-electron chi connectivity index (χ3n) is 1.33. The molecule has 0 aromatic rings. The maximum absolute atomic E-state index is 10.5. The fourth-order valence-corrected chi connectivity index (χ4v) is 0.672. The number of carbonyl (C=O) groups excluding carboxylic acids is 1. The summed E-state index contributed by atoms with van der Waals surface area (Å²) in [6.45, 7) is 1.16. The predicted octanol–water partition coefficient (Wildman–Crippen LogP) is -1.03. The lowest BCUT2D eigenvalue weighted by Gasteiger charge is -1.99. The van der Waals surface area contributed by atoms with Crippen molar-refractivity contribution in [2.24, 2.45) is 5.73 Å². The maximum Gasteiger partial charge on any atom is 0.373 e. The summed E-state index contributed by atoms with van der Waals surface area (Å²) in [6, 6.07) is 0. The molecule has 0 aromatic heterocycles. The molecule has 0 fully saturated rings. The van der Waals surface area contributed by atoms with E-state index < -0.39 is 11.8 Å². The van der Waals surface area contributed by atoms with Crippen molar-refractivity contribution in [3.05, 3.63) is 0 Å². The Morgan fingerprint density at radius 2 is 2.00 bits per heavy atom. The Kier molecular flexibility index (Phi) is 6.22. The van der Waals surface area contributed by atoms with E-state index in [-0.39, 0.29) is 6.54 Å². The van der Waals surface area contributed by atoms with Crippen LogP contribution < -0.4 is 11.1 Å². The van der Waals surface area contributed by atoms with Crippen molar-refractivity contribution in [2.75, 3.05) is 19.6 Å². The number of carboxylic acid groups (broad SMARTS) is 1. The number of nitrogens with two attached hydrogens (primary N) is 1. The molecule has 0 bridgehead atoms. The zero-order valence-electron chi connectivity index (χ0n) is 6.88. The molecule has 0 heterocycles. The molecule has 0 aliphatic heterocycles. The lowest BCUT2D eigenvalue weighted by atomic mass is 10.3.